The van der Waals surface area contributed by atoms with Crippen molar-refractivity contribution in [1.29, 1.82) is 0 Å². The van der Waals surface area contributed by atoms with Crippen molar-refractivity contribution in [3.05, 3.63) is 76.4 Å². The minimum atomic E-state index is -0.00453. The van der Waals surface area contributed by atoms with Crippen LogP contribution in [0.4, 0.5) is 0 Å². The molecule has 0 heterocycles. The summed E-state index contributed by atoms with van der Waals surface area (Å²) in [6, 6.07) is 15.9. The van der Waals surface area contributed by atoms with E-state index in [1.54, 1.807) is 0 Å². The summed E-state index contributed by atoms with van der Waals surface area (Å²) in [6.07, 6.45) is 1.97. The summed E-state index contributed by atoms with van der Waals surface area (Å²) in [5, 5.41) is 0. The number of alkyl halides is 1. The third-order valence-electron chi connectivity index (χ3n) is 3.38. The number of ketones is 1. The molecule has 0 radical (unpaired) electrons. The lowest BCUT2D eigenvalue weighted by Gasteiger charge is -2.04. The molecule has 3 rings (SSSR count). The summed E-state index contributed by atoms with van der Waals surface area (Å²) in [5.74, 6) is 0.126. The molecular formula is C17H13BrO. The Kier molecular flexibility index (Phi) is 3.11. The molecule has 0 amide bonds. The standard InChI is InChI=1S/C17H13BrO/c1-11-7-8-13-14(9-11)16(18)15(17(13)19)10-12-5-3-2-4-6-12/h2-10,16H,1H3/b15-10+. The fourth-order valence-corrected chi connectivity index (χ4v) is 3.12. The summed E-state index contributed by atoms with van der Waals surface area (Å²) in [5.41, 5.74) is 4.94. The van der Waals surface area contributed by atoms with Gasteiger partial charge in [0.25, 0.3) is 0 Å². The number of Topliss-reactive ketones (excluding diaryl/α,β-unsaturated/α-hetero) is 1. The van der Waals surface area contributed by atoms with Gasteiger partial charge in [-0.05, 0) is 24.1 Å². The average molecular weight is 313 g/mol. The number of aryl methyl sites for hydroxylation is 1. The predicted octanol–water partition coefficient (Wildman–Crippen LogP) is 4.71. The highest BCUT2D eigenvalue weighted by atomic mass is 79.9. The Hall–Kier alpha value is -1.67. The number of hydrogen-bond donors (Lipinski definition) is 0. The van der Waals surface area contributed by atoms with Gasteiger partial charge in [0.15, 0.2) is 5.78 Å². The number of rotatable bonds is 1. The van der Waals surface area contributed by atoms with Gasteiger partial charge in [-0.25, -0.2) is 0 Å². The van der Waals surface area contributed by atoms with Crippen LogP contribution in [-0.4, -0.2) is 5.78 Å². The summed E-state index contributed by atoms with van der Waals surface area (Å²) in [4.78, 5) is 12.4. The van der Waals surface area contributed by atoms with E-state index in [9.17, 15) is 4.79 Å². The van der Waals surface area contributed by atoms with E-state index in [1.807, 2.05) is 55.5 Å². The van der Waals surface area contributed by atoms with Gasteiger partial charge in [0.05, 0.1) is 4.83 Å². The molecule has 94 valence electrons. The van der Waals surface area contributed by atoms with Gasteiger partial charge < -0.3 is 0 Å². The van der Waals surface area contributed by atoms with E-state index in [1.165, 1.54) is 5.56 Å². The second-order valence-electron chi connectivity index (χ2n) is 4.79. The maximum Gasteiger partial charge on any atom is 0.190 e. The van der Waals surface area contributed by atoms with Gasteiger partial charge in [0.1, 0.15) is 0 Å². The molecule has 1 aliphatic carbocycles. The monoisotopic (exact) mass is 312 g/mol. The number of hydrogen-bond acceptors (Lipinski definition) is 1. The van der Waals surface area contributed by atoms with Crippen LogP contribution in [-0.2, 0) is 0 Å². The number of fused-ring (bicyclic) bond motifs is 1. The smallest absolute Gasteiger partial charge is 0.190 e. The zero-order valence-corrected chi connectivity index (χ0v) is 12.1. The Bertz CT molecular complexity index is 671. The van der Waals surface area contributed by atoms with E-state index < -0.39 is 0 Å². The predicted molar refractivity (Wildman–Crippen MR) is 81.6 cm³/mol. The van der Waals surface area contributed by atoms with Crippen LogP contribution < -0.4 is 0 Å². The van der Waals surface area contributed by atoms with Crippen molar-refractivity contribution in [2.24, 2.45) is 0 Å². The first-order valence-corrected chi connectivity index (χ1v) is 7.14. The molecule has 0 aliphatic heterocycles. The second kappa shape index (κ2) is 4.78. The van der Waals surface area contributed by atoms with E-state index in [4.69, 9.17) is 0 Å². The summed E-state index contributed by atoms with van der Waals surface area (Å²) in [7, 11) is 0. The van der Waals surface area contributed by atoms with E-state index in [0.717, 1.165) is 22.3 Å². The van der Waals surface area contributed by atoms with Crippen LogP contribution in [0.2, 0.25) is 0 Å². The Balaban J connectivity index is 2.08. The molecule has 2 heteroatoms. The zero-order chi connectivity index (χ0) is 13.4. The maximum atomic E-state index is 12.4. The lowest BCUT2D eigenvalue weighted by Crippen LogP contribution is -1.95. The number of halogens is 1. The molecule has 0 spiro atoms. The van der Waals surface area contributed by atoms with Gasteiger partial charge in [-0.15, -0.1) is 0 Å². The molecule has 0 bridgehead atoms. The van der Waals surface area contributed by atoms with Crippen LogP contribution in [0.15, 0.2) is 54.1 Å². The fraction of sp³-hybridized carbons (Fsp3) is 0.118. The highest BCUT2D eigenvalue weighted by Gasteiger charge is 2.32. The molecule has 1 atom stereocenters. The van der Waals surface area contributed by atoms with E-state index in [-0.39, 0.29) is 10.6 Å². The lowest BCUT2D eigenvalue weighted by atomic mass is 10.1. The Morgan fingerprint density at radius 2 is 1.84 bits per heavy atom. The zero-order valence-electron chi connectivity index (χ0n) is 10.6. The Morgan fingerprint density at radius 3 is 2.58 bits per heavy atom. The quantitative estimate of drug-likeness (QED) is 0.550. The van der Waals surface area contributed by atoms with Crippen LogP contribution >= 0.6 is 15.9 Å². The molecule has 19 heavy (non-hydrogen) atoms. The third-order valence-corrected chi connectivity index (χ3v) is 4.37. The number of carbonyl (C=O) groups is 1. The van der Waals surface area contributed by atoms with Gasteiger partial charge in [-0.1, -0.05) is 70.0 Å². The first-order valence-electron chi connectivity index (χ1n) is 6.23. The van der Waals surface area contributed by atoms with Crippen molar-refractivity contribution in [3.8, 4) is 0 Å². The SMILES string of the molecule is Cc1ccc2c(c1)C(Br)/C(=C\c1ccccc1)C2=O. The van der Waals surface area contributed by atoms with Crippen molar-refractivity contribution in [3.63, 3.8) is 0 Å². The first-order chi connectivity index (χ1) is 9.16. The van der Waals surface area contributed by atoms with Crippen molar-refractivity contribution < 1.29 is 4.79 Å². The molecule has 0 saturated heterocycles. The topological polar surface area (TPSA) is 17.1 Å². The van der Waals surface area contributed by atoms with Gasteiger partial charge in [-0.3, -0.25) is 4.79 Å². The van der Waals surface area contributed by atoms with Gasteiger partial charge in [-0.2, -0.15) is 0 Å². The second-order valence-corrected chi connectivity index (χ2v) is 5.71. The summed E-state index contributed by atoms with van der Waals surface area (Å²) >= 11 is 3.65. The van der Waals surface area contributed by atoms with Gasteiger partial charge in [0.2, 0.25) is 0 Å². The van der Waals surface area contributed by atoms with Gasteiger partial charge >= 0.3 is 0 Å². The molecule has 0 N–H and O–H groups in total. The van der Waals surface area contributed by atoms with Crippen molar-refractivity contribution in [2.45, 2.75) is 11.8 Å². The largest absolute Gasteiger partial charge is 0.289 e. The molecular weight excluding hydrogens is 300 g/mol. The van der Waals surface area contributed by atoms with E-state index >= 15 is 0 Å². The highest BCUT2D eigenvalue weighted by molar-refractivity contribution is 9.09. The fourth-order valence-electron chi connectivity index (χ4n) is 2.40. The molecule has 1 nitrogen and oxygen atoms in total. The van der Waals surface area contributed by atoms with Crippen LogP contribution in [0.3, 0.4) is 0 Å². The summed E-state index contributed by atoms with van der Waals surface area (Å²) < 4.78 is 0. The normalized spacial score (nSPS) is 19.8. The third kappa shape index (κ3) is 2.17. The van der Waals surface area contributed by atoms with Crippen LogP contribution in [0, 0.1) is 6.92 Å². The van der Waals surface area contributed by atoms with Crippen LogP contribution in [0.5, 0.6) is 0 Å². The lowest BCUT2D eigenvalue weighted by molar-refractivity contribution is 0.104. The molecule has 1 unspecified atom stereocenters. The van der Waals surface area contributed by atoms with Crippen LogP contribution in [0.25, 0.3) is 6.08 Å². The number of benzene rings is 2. The maximum absolute atomic E-state index is 12.4. The molecule has 0 aromatic heterocycles. The molecule has 2 aromatic carbocycles. The van der Waals surface area contributed by atoms with Crippen molar-refractivity contribution in [1.82, 2.24) is 0 Å². The van der Waals surface area contributed by atoms with E-state index in [2.05, 4.69) is 22.0 Å². The highest BCUT2D eigenvalue weighted by Crippen LogP contribution is 2.42. The van der Waals surface area contributed by atoms with E-state index in [0.29, 0.717) is 0 Å². The number of allylic oxidation sites excluding steroid dienone is 1. The van der Waals surface area contributed by atoms with Crippen molar-refractivity contribution in [2.75, 3.05) is 0 Å². The average Bonchev–Trinajstić information content (AvgIpc) is 2.65. The number of carbonyl (C=O) groups excluding carboxylic acids is 1. The molecule has 0 fully saturated rings. The Morgan fingerprint density at radius 1 is 1.11 bits per heavy atom. The first kappa shape index (κ1) is 12.4. The summed E-state index contributed by atoms with van der Waals surface area (Å²) in [6.45, 7) is 2.05. The minimum Gasteiger partial charge on any atom is -0.289 e. The Labute approximate surface area is 121 Å². The van der Waals surface area contributed by atoms with Gasteiger partial charge in [0, 0.05) is 11.1 Å². The van der Waals surface area contributed by atoms with Crippen LogP contribution in [0.1, 0.15) is 31.9 Å². The minimum absolute atomic E-state index is 0.00453. The van der Waals surface area contributed by atoms with Crippen molar-refractivity contribution >= 4 is 27.8 Å². The molecule has 2 aromatic rings. The molecule has 1 aliphatic rings. The molecule has 0 saturated carbocycles.